The first-order valence-corrected chi connectivity index (χ1v) is 5.93. The Morgan fingerprint density at radius 2 is 2.11 bits per heavy atom. The van der Waals surface area contributed by atoms with Gasteiger partial charge in [-0.3, -0.25) is 9.67 Å². The second kappa shape index (κ2) is 9.12. The topological polar surface area (TPSA) is 67.1 Å². The maximum absolute atomic E-state index is 4.18. The second-order valence-electron chi connectivity index (χ2n) is 4.33. The van der Waals surface area contributed by atoms with E-state index < -0.39 is 0 Å². The fourth-order valence-corrected chi connectivity index (χ4v) is 1.21. The zero-order valence-electron chi connectivity index (χ0n) is 11.4. The van der Waals surface area contributed by atoms with E-state index in [4.69, 9.17) is 0 Å². The summed E-state index contributed by atoms with van der Waals surface area (Å²) in [6.07, 6.45) is 3.24. The number of hydrogen-bond donors (Lipinski definition) is 2. The fourth-order valence-electron chi connectivity index (χ4n) is 1.21. The van der Waals surface area contributed by atoms with E-state index in [1.54, 1.807) is 18.1 Å². The maximum atomic E-state index is 4.18. The Hall–Kier alpha value is -0.860. The number of aromatic nitrogens is 3. The van der Waals surface area contributed by atoms with Gasteiger partial charge in [0.25, 0.3) is 0 Å². The number of nitrogens with one attached hydrogen (secondary N) is 2. The Bertz CT molecular complexity index is 335. The summed E-state index contributed by atoms with van der Waals surface area (Å²) in [4.78, 5) is 8.07. The Labute approximate surface area is 126 Å². The lowest BCUT2D eigenvalue weighted by Gasteiger charge is -2.20. The van der Waals surface area contributed by atoms with Gasteiger partial charge in [0.1, 0.15) is 12.7 Å². The first-order chi connectivity index (χ1) is 8.13. The van der Waals surface area contributed by atoms with Crippen LogP contribution in [0.1, 0.15) is 20.8 Å². The third kappa shape index (κ3) is 6.18. The van der Waals surface area contributed by atoms with Crippen LogP contribution in [0.3, 0.4) is 0 Å². The SMILES string of the molecule is CN=C(NCCn1cncn1)NC(C)C(C)C.I. The number of hydrogen-bond acceptors (Lipinski definition) is 3. The van der Waals surface area contributed by atoms with Crippen LogP contribution in [0.4, 0.5) is 0 Å². The van der Waals surface area contributed by atoms with Crippen molar-refractivity contribution < 1.29 is 0 Å². The van der Waals surface area contributed by atoms with Gasteiger partial charge in [-0.2, -0.15) is 5.10 Å². The molecular formula is C11H23IN6. The monoisotopic (exact) mass is 366 g/mol. The number of aliphatic imine (C=N–C) groups is 1. The number of nitrogens with zero attached hydrogens (tertiary/aromatic N) is 4. The Morgan fingerprint density at radius 1 is 1.39 bits per heavy atom. The van der Waals surface area contributed by atoms with Crippen molar-refractivity contribution in [2.24, 2.45) is 10.9 Å². The van der Waals surface area contributed by atoms with Crippen molar-refractivity contribution in [3.05, 3.63) is 12.7 Å². The molecule has 0 fully saturated rings. The van der Waals surface area contributed by atoms with Gasteiger partial charge in [0, 0.05) is 19.6 Å². The van der Waals surface area contributed by atoms with Gasteiger partial charge in [0.15, 0.2) is 5.96 Å². The van der Waals surface area contributed by atoms with E-state index >= 15 is 0 Å². The van der Waals surface area contributed by atoms with E-state index in [1.165, 1.54) is 6.33 Å². The summed E-state index contributed by atoms with van der Waals surface area (Å²) in [6, 6.07) is 0.396. The van der Waals surface area contributed by atoms with Crippen molar-refractivity contribution in [3.8, 4) is 0 Å². The number of halogens is 1. The number of guanidine groups is 1. The van der Waals surface area contributed by atoms with Crippen molar-refractivity contribution in [1.29, 1.82) is 0 Å². The molecule has 0 bridgehead atoms. The quantitative estimate of drug-likeness (QED) is 0.466. The third-order valence-electron chi connectivity index (χ3n) is 2.69. The van der Waals surface area contributed by atoms with Gasteiger partial charge in [-0.1, -0.05) is 13.8 Å². The van der Waals surface area contributed by atoms with Crippen LogP contribution in [0.2, 0.25) is 0 Å². The molecule has 0 aliphatic heterocycles. The van der Waals surface area contributed by atoms with Crippen LogP contribution in [-0.2, 0) is 6.54 Å². The molecule has 2 N–H and O–H groups in total. The molecule has 1 heterocycles. The molecule has 104 valence electrons. The first kappa shape index (κ1) is 17.1. The summed E-state index contributed by atoms with van der Waals surface area (Å²) in [5.74, 6) is 1.40. The molecule has 0 saturated carbocycles. The molecule has 0 amide bonds. The van der Waals surface area contributed by atoms with E-state index in [0.29, 0.717) is 12.0 Å². The smallest absolute Gasteiger partial charge is 0.191 e. The molecule has 0 spiro atoms. The molecule has 0 aliphatic rings. The van der Waals surface area contributed by atoms with Gasteiger partial charge in [-0.05, 0) is 12.8 Å². The molecule has 1 unspecified atom stereocenters. The van der Waals surface area contributed by atoms with Gasteiger partial charge in [-0.15, -0.1) is 24.0 Å². The summed E-state index contributed by atoms with van der Waals surface area (Å²) in [6.45, 7) is 8.06. The van der Waals surface area contributed by atoms with Crippen LogP contribution < -0.4 is 10.6 Å². The third-order valence-corrected chi connectivity index (χ3v) is 2.69. The van der Waals surface area contributed by atoms with Crippen molar-refractivity contribution in [3.63, 3.8) is 0 Å². The minimum absolute atomic E-state index is 0. The maximum Gasteiger partial charge on any atom is 0.191 e. The summed E-state index contributed by atoms with van der Waals surface area (Å²) in [5.41, 5.74) is 0. The average molecular weight is 366 g/mol. The molecular weight excluding hydrogens is 343 g/mol. The highest BCUT2D eigenvalue weighted by Crippen LogP contribution is 1.98. The van der Waals surface area contributed by atoms with E-state index in [9.17, 15) is 0 Å². The molecule has 1 aromatic rings. The standard InChI is InChI=1S/C11H22N6.HI/c1-9(2)10(3)16-11(12-4)14-5-6-17-8-13-7-15-17;/h7-10H,5-6H2,1-4H3,(H2,12,14,16);1H. The average Bonchev–Trinajstić information content (AvgIpc) is 2.80. The highest BCUT2D eigenvalue weighted by Gasteiger charge is 2.08. The highest BCUT2D eigenvalue weighted by atomic mass is 127. The molecule has 1 aromatic heterocycles. The Morgan fingerprint density at radius 3 is 2.61 bits per heavy atom. The van der Waals surface area contributed by atoms with Gasteiger partial charge in [-0.25, -0.2) is 4.98 Å². The summed E-state index contributed by atoms with van der Waals surface area (Å²) in [7, 11) is 1.78. The minimum atomic E-state index is 0. The Balaban J connectivity index is 0.00000289. The number of rotatable bonds is 5. The van der Waals surface area contributed by atoms with Gasteiger partial charge >= 0.3 is 0 Å². The highest BCUT2D eigenvalue weighted by molar-refractivity contribution is 14.0. The van der Waals surface area contributed by atoms with E-state index in [0.717, 1.165) is 19.0 Å². The van der Waals surface area contributed by atoms with Crippen LogP contribution in [0.25, 0.3) is 0 Å². The molecule has 0 aliphatic carbocycles. The predicted molar refractivity (Wildman–Crippen MR) is 84.2 cm³/mol. The molecule has 0 saturated heterocycles. The zero-order valence-corrected chi connectivity index (χ0v) is 13.8. The fraction of sp³-hybridized carbons (Fsp3) is 0.727. The van der Waals surface area contributed by atoms with Crippen LogP contribution in [-0.4, -0.2) is 40.4 Å². The normalized spacial score (nSPS) is 13.1. The molecule has 0 aromatic carbocycles. The van der Waals surface area contributed by atoms with Crippen LogP contribution >= 0.6 is 24.0 Å². The van der Waals surface area contributed by atoms with Crippen molar-refractivity contribution in [2.45, 2.75) is 33.4 Å². The molecule has 1 rings (SSSR count). The summed E-state index contributed by atoms with van der Waals surface area (Å²) >= 11 is 0. The van der Waals surface area contributed by atoms with E-state index in [2.05, 4.69) is 46.5 Å². The van der Waals surface area contributed by atoms with E-state index in [-0.39, 0.29) is 24.0 Å². The predicted octanol–water partition coefficient (Wildman–Crippen LogP) is 1.11. The lowest BCUT2D eigenvalue weighted by Crippen LogP contribution is -2.45. The van der Waals surface area contributed by atoms with Gasteiger partial charge in [0.2, 0.25) is 0 Å². The summed E-state index contributed by atoms with van der Waals surface area (Å²) in [5, 5.41) is 10.6. The Kier molecular flexibility index (Phi) is 8.69. The molecule has 7 heteroatoms. The molecule has 0 radical (unpaired) electrons. The largest absolute Gasteiger partial charge is 0.355 e. The lowest BCUT2D eigenvalue weighted by molar-refractivity contribution is 0.479. The van der Waals surface area contributed by atoms with Crippen molar-refractivity contribution in [2.75, 3.05) is 13.6 Å². The van der Waals surface area contributed by atoms with Crippen LogP contribution in [0, 0.1) is 5.92 Å². The minimum Gasteiger partial charge on any atom is -0.355 e. The van der Waals surface area contributed by atoms with Crippen molar-refractivity contribution in [1.82, 2.24) is 25.4 Å². The summed E-state index contributed by atoms with van der Waals surface area (Å²) < 4.78 is 1.78. The first-order valence-electron chi connectivity index (χ1n) is 5.93. The zero-order chi connectivity index (χ0) is 12.7. The van der Waals surface area contributed by atoms with Crippen LogP contribution in [0.5, 0.6) is 0 Å². The van der Waals surface area contributed by atoms with E-state index in [1.807, 2.05) is 0 Å². The van der Waals surface area contributed by atoms with Gasteiger partial charge < -0.3 is 10.6 Å². The van der Waals surface area contributed by atoms with Crippen molar-refractivity contribution >= 4 is 29.9 Å². The second-order valence-corrected chi connectivity index (χ2v) is 4.33. The molecule has 6 nitrogen and oxygen atoms in total. The molecule has 1 atom stereocenters. The molecule has 18 heavy (non-hydrogen) atoms. The van der Waals surface area contributed by atoms with Gasteiger partial charge in [0.05, 0.1) is 6.54 Å². The lowest BCUT2D eigenvalue weighted by atomic mass is 10.1. The van der Waals surface area contributed by atoms with Crippen LogP contribution in [0.15, 0.2) is 17.6 Å².